The standard InChI is InChI=1S/C11H21NO/c1-4-7-10(12-5-2)11(3)8-6-9-13-11/h4,10,12H,1,5-9H2,2-3H3. The van der Waals surface area contributed by atoms with Gasteiger partial charge in [-0.2, -0.15) is 0 Å². The van der Waals surface area contributed by atoms with Gasteiger partial charge >= 0.3 is 0 Å². The molecule has 1 saturated heterocycles. The zero-order valence-electron chi connectivity index (χ0n) is 8.81. The van der Waals surface area contributed by atoms with Gasteiger partial charge in [-0.25, -0.2) is 0 Å². The van der Waals surface area contributed by atoms with Crippen LogP contribution >= 0.6 is 0 Å². The quantitative estimate of drug-likeness (QED) is 0.659. The maximum atomic E-state index is 5.80. The molecule has 2 nitrogen and oxygen atoms in total. The summed E-state index contributed by atoms with van der Waals surface area (Å²) in [6, 6.07) is 0.428. The minimum absolute atomic E-state index is 0.0319. The molecule has 0 aromatic carbocycles. The van der Waals surface area contributed by atoms with Crippen LogP contribution in [0.1, 0.15) is 33.1 Å². The average Bonchev–Trinajstić information content (AvgIpc) is 2.53. The van der Waals surface area contributed by atoms with Crippen molar-refractivity contribution >= 4 is 0 Å². The van der Waals surface area contributed by atoms with E-state index in [0.29, 0.717) is 6.04 Å². The van der Waals surface area contributed by atoms with Crippen molar-refractivity contribution in [1.29, 1.82) is 0 Å². The van der Waals surface area contributed by atoms with E-state index in [0.717, 1.165) is 19.6 Å². The lowest BCUT2D eigenvalue weighted by Crippen LogP contribution is -2.48. The molecule has 1 rings (SSSR count). The molecule has 0 amide bonds. The fourth-order valence-electron chi connectivity index (χ4n) is 2.04. The molecule has 0 spiro atoms. The van der Waals surface area contributed by atoms with E-state index < -0.39 is 0 Å². The molecule has 2 unspecified atom stereocenters. The first-order valence-electron chi connectivity index (χ1n) is 5.21. The summed E-state index contributed by atoms with van der Waals surface area (Å²) in [7, 11) is 0. The molecular formula is C11H21NO. The molecule has 1 aliphatic heterocycles. The zero-order valence-corrected chi connectivity index (χ0v) is 8.81. The van der Waals surface area contributed by atoms with Crippen molar-refractivity contribution in [3.8, 4) is 0 Å². The summed E-state index contributed by atoms with van der Waals surface area (Å²) >= 11 is 0. The van der Waals surface area contributed by atoms with Crippen LogP contribution in [0.5, 0.6) is 0 Å². The van der Waals surface area contributed by atoms with Crippen LogP contribution in [0.4, 0.5) is 0 Å². The molecule has 1 N–H and O–H groups in total. The van der Waals surface area contributed by atoms with Gasteiger partial charge in [0.2, 0.25) is 0 Å². The number of likely N-dealkylation sites (N-methyl/N-ethyl adjacent to an activating group) is 1. The van der Waals surface area contributed by atoms with E-state index in [1.165, 1.54) is 12.8 Å². The van der Waals surface area contributed by atoms with Gasteiger partial charge < -0.3 is 10.1 Å². The van der Waals surface area contributed by atoms with Crippen molar-refractivity contribution in [3.63, 3.8) is 0 Å². The fraction of sp³-hybridized carbons (Fsp3) is 0.818. The number of hydrogen-bond acceptors (Lipinski definition) is 2. The number of hydrogen-bond donors (Lipinski definition) is 1. The monoisotopic (exact) mass is 183 g/mol. The zero-order chi connectivity index (χ0) is 9.73. The Kier molecular flexibility index (Phi) is 3.94. The van der Waals surface area contributed by atoms with E-state index in [1.54, 1.807) is 0 Å². The van der Waals surface area contributed by atoms with Gasteiger partial charge in [0.1, 0.15) is 0 Å². The van der Waals surface area contributed by atoms with Gasteiger partial charge in [0.15, 0.2) is 0 Å². The van der Waals surface area contributed by atoms with Crippen LogP contribution < -0.4 is 5.32 Å². The second-order valence-electron chi connectivity index (χ2n) is 3.90. The minimum atomic E-state index is 0.0319. The molecule has 13 heavy (non-hydrogen) atoms. The van der Waals surface area contributed by atoms with Crippen LogP contribution in [0.15, 0.2) is 12.7 Å². The molecule has 2 atom stereocenters. The normalized spacial score (nSPS) is 30.3. The van der Waals surface area contributed by atoms with E-state index >= 15 is 0 Å². The second-order valence-corrected chi connectivity index (χ2v) is 3.90. The van der Waals surface area contributed by atoms with E-state index in [-0.39, 0.29) is 5.60 Å². The third kappa shape index (κ3) is 2.55. The summed E-state index contributed by atoms with van der Waals surface area (Å²) in [5.74, 6) is 0. The number of ether oxygens (including phenoxy) is 1. The molecule has 0 saturated carbocycles. The first kappa shape index (κ1) is 10.7. The summed E-state index contributed by atoms with van der Waals surface area (Å²) in [6.07, 6.45) is 5.32. The lowest BCUT2D eigenvalue weighted by Gasteiger charge is -2.33. The smallest absolute Gasteiger partial charge is 0.0810 e. The fourth-order valence-corrected chi connectivity index (χ4v) is 2.04. The summed E-state index contributed by atoms with van der Waals surface area (Å²) < 4.78 is 5.80. The largest absolute Gasteiger partial charge is 0.374 e. The Morgan fingerprint density at radius 1 is 1.69 bits per heavy atom. The highest BCUT2D eigenvalue weighted by Gasteiger charge is 2.36. The molecule has 0 aliphatic carbocycles. The lowest BCUT2D eigenvalue weighted by atomic mass is 9.91. The van der Waals surface area contributed by atoms with Crippen LogP contribution in [0.2, 0.25) is 0 Å². The second kappa shape index (κ2) is 4.77. The van der Waals surface area contributed by atoms with Gasteiger partial charge in [-0.05, 0) is 32.7 Å². The van der Waals surface area contributed by atoms with Crippen molar-refractivity contribution in [2.45, 2.75) is 44.8 Å². The van der Waals surface area contributed by atoms with E-state index in [4.69, 9.17) is 4.74 Å². The topological polar surface area (TPSA) is 21.3 Å². The van der Waals surface area contributed by atoms with Crippen molar-refractivity contribution in [2.75, 3.05) is 13.2 Å². The van der Waals surface area contributed by atoms with Gasteiger partial charge in [0, 0.05) is 12.6 Å². The molecule has 1 heterocycles. The maximum absolute atomic E-state index is 5.80. The summed E-state index contributed by atoms with van der Waals surface area (Å²) in [5.41, 5.74) is 0.0319. The Morgan fingerprint density at radius 2 is 2.46 bits per heavy atom. The van der Waals surface area contributed by atoms with E-state index in [9.17, 15) is 0 Å². The summed E-state index contributed by atoms with van der Waals surface area (Å²) in [5, 5.41) is 3.47. The Bertz CT molecular complexity index is 161. The molecule has 2 heteroatoms. The molecular weight excluding hydrogens is 162 g/mol. The maximum Gasteiger partial charge on any atom is 0.0810 e. The highest BCUT2D eigenvalue weighted by molar-refractivity contribution is 4.95. The van der Waals surface area contributed by atoms with Crippen molar-refractivity contribution in [2.24, 2.45) is 0 Å². The van der Waals surface area contributed by atoms with E-state index in [1.807, 2.05) is 6.08 Å². The Labute approximate surface area is 81.4 Å². The Morgan fingerprint density at radius 3 is 2.92 bits per heavy atom. The summed E-state index contributed by atoms with van der Waals surface area (Å²) in [6.45, 7) is 10.0. The van der Waals surface area contributed by atoms with Crippen LogP contribution in [0, 0.1) is 0 Å². The van der Waals surface area contributed by atoms with Crippen molar-refractivity contribution in [1.82, 2.24) is 5.32 Å². The van der Waals surface area contributed by atoms with Crippen LogP contribution in [0.25, 0.3) is 0 Å². The highest BCUT2D eigenvalue weighted by Crippen LogP contribution is 2.30. The van der Waals surface area contributed by atoms with Crippen molar-refractivity contribution in [3.05, 3.63) is 12.7 Å². The molecule has 76 valence electrons. The van der Waals surface area contributed by atoms with E-state index in [2.05, 4.69) is 25.7 Å². The molecule has 0 bridgehead atoms. The van der Waals surface area contributed by atoms with Crippen LogP contribution in [0.3, 0.4) is 0 Å². The predicted octanol–water partition coefficient (Wildman–Crippen LogP) is 2.11. The Hall–Kier alpha value is -0.340. The van der Waals surface area contributed by atoms with Gasteiger partial charge in [-0.1, -0.05) is 13.0 Å². The van der Waals surface area contributed by atoms with Crippen LogP contribution in [-0.2, 0) is 4.74 Å². The van der Waals surface area contributed by atoms with Gasteiger partial charge in [-0.3, -0.25) is 0 Å². The van der Waals surface area contributed by atoms with Gasteiger partial charge in [0.25, 0.3) is 0 Å². The molecule has 0 aromatic rings. The third-order valence-electron chi connectivity index (χ3n) is 2.84. The molecule has 1 fully saturated rings. The predicted molar refractivity (Wildman–Crippen MR) is 55.9 cm³/mol. The minimum Gasteiger partial charge on any atom is -0.374 e. The average molecular weight is 183 g/mol. The van der Waals surface area contributed by atoms with Gasteiger partial charge in [0.05, 0.1) is 5.60 Å². The highest BCUT2D eigenvalue weighted by atomic mass is 16.5. The SMILES string of the molecule is C=CCC(NCC)C1(C)CCCO1. The summed E-state index contributed by atoms with van der Waals surface area (Å²) in [4.78, 5) is 0. The van der Waals surface area contributed by atoms with Crippen molar-refractivity contribution < 1.29 is 4.74 Å². The first-order valence-corrected chi connectivity index (χ1v) is 5.21. The van der Waals surface area contributed by atoms with Gasteiger partial charge in [-0.15, -0.1) is 6.58 Å². The van der Waals surface area contributed by atoms with Crippen LogP contribution in [-0.4, -0.2) is 24.8 Å². The number of nitrogens with one attached hydrogen (secondary N) is 1. The molecule has 0 radical (unpaired) electrons. The first-order chi connectivity index (χ1) is 6.23. The molecule has 0 aromatic heterocycles. The third-order valence-corrected chi connectivity index (χ3v) is 2.84. The Balaban J connectivity index is 2.55. The lowest BCUT2D eigenvalue weighted by molar-refractivity contribution is -0.0103. The number of rotatable bonds is 5. The molecule has 1 aliphatic rings.